The van der Waals surface area contributed by atoms with Crippen molar-refractivity contribution in [1.29, 1.82) is 0 Å². The van der Waals surface area contributed by atoms with E-state index >= 15 is 0 Å². The van der Waals surface area contributed by atoms with Crippen molar-refractivity contribution < 1.29 is 28.3 Å². The second kappa shape index (κ2) is 7.49. The number of amides is 2. The molecule has 0 saturated carbocycles. The summed E-state index contributed by atoms with van der Waals surface area (Å²) in [7, 11) is 0. The van der Waals surface area contributed by atoms with E-state index in [2.05, 4.69) is 0 Å². The van der Waals surface area contributed by atoms with Crippen LogP contribution in [0.5, 0.6) is 0 Å². The van der Waals surface area contributed by atoms with Gasteiger partial charge in [0.15, 0.2) is 6.10 Å². The van der Waals surface area contributed by atoms with Gasteiger partial charge in [0.05, 0.1) is 11.3 Å². The quantitative estimate of drug-likeness (QED) is 0.460. The standard InChI is InChI=1S/C20H16FNO5/c1-12(19(25)13-2-6-15(21)7-3-13)27-20(26)14-4-8-16(9-5-14)22-17(23)10-11-18(22)24/h2-9,12H,10-11H2,1H3/t12-/m0/s1. The predicted octanol–water partition coefficient (Wildman–Crippen LogP) is 2.91. The average Bonchev–Trinajstić information content (AvgIpc) is 3.00. The molecule has 2 aromatic rings. The van der Waals surface area contributed by atoms with Crippen LogP contribution in [0.25, 0.3) is 0 Å². The van der Waals surface area contributed by atoms with Gasteiger partial charge in [-0.05, 0) is 55.5 Å². The molecule has 1 saturated heterocycles. The highest BCUT2D eigenvalue weighted by Crippen LogP contribution is 2.23. The van der Waals surface area contributed by atoms with E-state index < -0.39 is 23.7 Å². The number of hydrogen-bond acceptors (Lipinski definition) is 5. The zero-order chi connectivity index (χ0) is 19.6. The fraction of sp³-hybridized carbons (Fsp3) is 0.200. The molecule has 0 aliphatic carbocycles. The molecule has 0 radical (unpaired) electrons. The maximum absolute atomic E-state index is 12.9. The van der Waals surface area contributed by atoms with Crippen LogP contribution in [0.3, 0.4) is 0 Å². The Kier molecular flexibility index (Phi) is 5.12. The number of benzene rings is 2. The Morgan fingerprint density at radius 3 is 2.00 bits per heavy atom. The summed E-state index contributed by atoms with van der Waals surface area (Å²) in [6.45, 7) is 1.43. The van der Waals surface area contributed by atoms with Crippen molar-refractivity contribution >= 4 is 29.3 Å². The van der Waals surface area contributed by atoms with E-state index in [1.54, 1.807) is 0 Å². The van der Waals surface area contributed by atoms with Gasteiger partial charge < -0.3 is 4.74 Å². The highest BCUT2D eigenvalue weighted by Gasteiger charge is 2.30. The third-order valence-electron chi connectivity index (χ3n) is 4.19. The number of esters is 1. The summed E-state index contributed by atoms with van der Waals surface area (Å²) in [5.74, 6) is -2.20. The summed E-state index contributed by atoms with van der Waals surface area (Å²) in [5, 5.41) is 0. The molecule has 1 aliphatic heterocycles. The van der Waals surface area contributed by atoms with Crippen molar-refractivity contribution in [3.8, 4) is 0 Å². The van der Waals surface area contributed by atoms with Gasteiger partial charge in [0.25, 0.3) is 0 Å². The summed E-state index contributed by atoms with van der Waals surface area (Å²) in [6.07, 6.45) is -0.707. The molecule has 6 nitrogen and oxygen atoms in total. The second-order valence-electron chi connectivity index (χ2n) is 6.09. The smallest absolute Gasteiger partial charge is 0.338 e. The molecular weight excluding hydrogens is 353 g/mol. The van der Waals surface area contributed by atoms with Gasteiger partial charge in [0.2, 0.25) is 17.6 Å². The van der Waals surface area contributed by atoms with Crippen LogP contribution < -0.4 is 4.90 Å². The summed E-state index contributed by atoms with van der Waals surface area (Å²) in [4.78, 5) is 49.0. The number of Topliss-reactive ketones (excluding diaryl/α,β-unsaturated/α-hetero) is 1. The first-order chi connectivity index (χ1) is 12.9. The zero-order valence-electron chi connectivity index (χ0n) is 14.5. The van der Waals surface area contributed by atoms with Gasteiger partial charge in [-0.15, -0.1) is 0 Å². The van der Waals surface area contributed by atoms with Crippen LogP contribution >= 0.6 is 0 Å². The number of nitrogens with zero attached hydrogens (tertiary/aromatic N) is 1. The van der Waals surface area contributed by atoms with Crippen molar-refractivity contribution in [3.05, 3.63) is 65.5 Å². The monoisotopic (exact) mass is 369 g/mol. The molecule has 2 aromatic carbocycles. The molecule has 3 rings (SSSR count). The molecule has 1 atom stereocenters. The maximum atomic E-state index is 12.9. The number of carbonyl (C=O) groups is 4. The van der Waals surface area contributed by atoms with Gasteiger partial charge in [-0.25, -0.2) is 9.18 Å². The van der Waals surface area contributed by atoms with Crippen LogP contribution in [0.4, 0.5) is 10.1 Å². The van der Waals surface area contributed by atoms with Crippen LogP contribution in [0.2, 0.25) is 0 Å². The molecule has 138 valence electrons. The first kappa shape index (κ1) is 18.4. The molecule has 0 bridgehead atoms. The van der Waals surface area contributed by atoms with Crippen LogP contribution in [0, 0.1) is 5.82 Å². The number of halogens is 1. The molecule has 27 heavy (non-hydrogen) atoms. The zero-order valence-corrected chi connectivity index (χ0v) is 14.5. The molecule has 1 heterocycles. The third-order valence-corrected chi connectivity index (χ3v) is 4.19. The van der Waals surface area contributed by atoms with Crippen molar-refractivity contribution in [2.24, 2.45) is 0 Å². The molecule has 2 amide bonds. The van der Waals surface area contributed by atoms with Crippen LogP contribution in [-0.2, 0) is 14.3 Å². The maximum Gasteiger partial charge on any atom is 0.338 e. The minimum absolute atomic E-state index is 0.172. The van der Waals surface area contributed by atoms with E-state index in [0.717, 1.165) is 17.0 Å². The van der Waals surface area contributed by atoms with E-state index in [1.807, 2.05) is 0 Å². The average molecular weight is 369 g/mol. The molecule has 1 aliphatic rings. The number of ether oxygens (including phenoxy) is 1. The highest BCUT2D eigenvalue weighted by molar-refractivity contribution is 6.19. The van der Waals surface area contributed by atoms with Crippen LogP contribution in [0.15, 0.2) is 48.5 Å². The predicted molar refractivity (Wildman–Crippen MR) is 93.8 cm³/mol. The summed E-state index contributed by atoms with van der Waals surface area (Å²) in [5.41, 5.74) is 0.796. The number of imide groups is 1. The molecule has 0 unspecified atom stereocenters. The van der Waals surface area contributed by atoms with E-state index in [-0.39, 0.29) is 35.8 Å². The first-order valence-corrected chi connectivity index (χ1v) is 8.33. The largest absolute Gasteiger partial charge is 0.451 e. The fourth-order valence-corrected chi connectivity index (χ4v) is 2.74. The van der Waals surface area contributed by atoms with Crippen LogP contribution in [0.1, 0.15) is 40.5 Å². The van der Waals surface area contributed by atoms with Crippen molar-refractivity contribution in [2.75, 3.05) is 4.90 Å². The third kappa shape index (κ3) is 3.92. The normalized spacial score (nSPS) is 15.0. The lowest BCUT2D eigenvalue weighted by Gasteiger charge is -2.15. The Bertz CT molecular complexity index is 889. The molecule has 1 fully saturated rings. The molecule has 0 N–H and O–H groups in total. The second-order valence-corrected chi connectivity index (χ2v) is 6.09. The van der Waals surface area contributed by atoms with Gasteiger partial charge in [-0.3, -0.25) is 19.3 Å². The molecule has 7 heteroatoms. The van der Waals surface area contributed by atoms with Crippen molar-refractivity contribution in [2.45, 2.75) is 25.9 Å². The SMILES string of the molecule is C[C@H](OC(=O)c1ccc(N2C(=O)CCC2=O)cc1)C(=O)c1ccc(F)cc1. The van der Waals surface area contributed by atoms with Gasteiger partial charge in [0.1, 0.15) is 5.82 Å². The number of ketones is 1. The Balaban J connectivity index is 1.67. The van der Waals surface area contributed by atoms with E-state index in [4.69, 9.17) is 4.74 Å². The summed E-state index contributed by atoms with van der Waals surface area (Å²) in [6, 6.07) is 10.7. The highest BCUT2D eigenvalue weighted by atomic mass is 19.1. The number of hydrogen-bond donors (Lipinski definition) is 0. The Hall–Kier alpha value is -3.35. The van der Waals surface area contributed by atoms with Gasteiger partial charge in [-0.2, -0.15) is 0 Å². The van der Waals surface area contributed by atoms with E-state index in [1.165, 1.54) is 43.3 Å². The van der Waals surface area contributed by atoms with E-state index in [0.29, 0.717) is 5.69 Å². The van der Waals surface area contributed by atoms with Gasteiger partial charge in [-0.1, -0.05) is 0 Å². The van der Waals surface area contributed by atoms with Crippen LogP contribution in [-0.4, -0.2) is 29.7 Å². The van der Waals surface area contributed by atoms with Crippen molar-refractivity contribution in [1.82, 2.24) is 0 Å². The Morgan fingerprint density at radius 1 is 0.926 bits per heavy atom. The first-order valence-electron chi connectivity index (χ1n) is 8.33. The number of anilines is 1. The van der Waals surface area contributed by atoms with Gasteiger partial charge >= 0.3 is 5.97 Å². The Morgan fingerprint density at radius 2 is 1.44 bits per heavy atom. The lowest BCUT2D eigenvalue weighted by atomic mass is 10.1. The lowest BCUT2D eigenvalue weighted by Crippen LogP contribution is -2.28. The Labute approximate surface area is 154 Å². The minimum Gasteiger partial charge on any atom is -0.451 e. The number of carbonyl (C=O) groups excluding carboxylic acids is 4. The fourth-order valence-electron chi connectivity index (χ4n) is 2.74. The summed E-state index contributed by atoms with van der Waals surface area (Å²) < 4.78 is 18.1. The molecular formula is C20H16FNO5. The van der Waals surface area contributed by atoms with Gasteiger partial charge in [0, 0.05) is 18.4 Å². The van der Waals surface area contributed by atoms with E-state index in [9.17, 15) is 23.6 Å². The molecule has 0 spiro atoms. The number of rotatable bonds is 5. The van der Waals surface area contributed by atoms with Crippen molar-refractivity contribution in [3.63, 3.8) is 0 Å². The topological polar surface area (TPSA) is 80.8 Å². The molecule has 0 aromatic heterocycles. The lowest BCUT2D eigenvalue weighted by molar-refractivity contribution is -0.121. The minimum atomic E-state index is -1.05. The summed E-state index contributed by atoms with van der Waals surface area (Å²) >= 11 is 0.